The number of nitrogens with zero attached hydrogens (tertiary/aromatic N) is 2. The Kier molecular flexibility index (Phi) is 3.16. The Morgan fingerprint density at radius 3 is 2.79 bits per heavy atom. The fourth-order valence-corrected chi connectivity index (χ4v) is 1.10. The van der Waals surface area contributed by atoms with E-state index in [2.05, 4.69) is 5.10 Å². The zero-order valence-corrected chi connectivity index (χ0v) is 7.83. The number of alkyl halides is 2. The van der Waals surface area contributed by atoms with Gasteiger partial charge in [-0.1, -0.05) is 0 Å². The summed E-state index contributed by atoms with van der Waals surface area (Å²) in [6.45, 7) is 0.874. The van der Waals surface area contributed by atoms with E-state index in [1.54, 1.807) is 6.92 Å². The van der Waals surface area contributed by atoms with Gasteiger partial charge >= 0.3 is 0 Å². The van der Waals surface area contributed by atoms with Gasteiger partial charge in [-0.05, 0) is 6.92 Å². The molecule has 0 aromatic carbocycles. The number of aromatic nitrogens is 2. The summed E-state index contributed by atoms with van der Waals surface area (Å²) in [6.07, 6.45) is -2.02. The summed E-state index contributed by atoms with van der Waals surface area (Å²) in [5.41, 5.74) is 0.680. The molecule has 1 aromatic rings. The van der Waals surface area contributed by atoms with Gasteiger partial charge in [0.25, 0.3) is 6.43 Å². The Hall–Kier alpha value is -1.46. The summed E-state index contributed by atoms with van der Waals surface area (Å²) in [7, 11) is 1.53. The largest absolute Gasteiger partial charge is 0.471 e. The molecule has 0 aliphatic heterocycles. The quantitative estimate of drug-likeness (QED) is 0.692. The lowest BCUT2D eigenvalue weighted by Crippen LogP contribution is -2.10. The number of carbonyl (C=O) groups is 1. The third-order valence-corrected chi connectivity index (χ3v) is 1.68. The topological polar surface area (TPSA) is 44.1 Å². The Morgan fingerprint density at radius 2 is 2.29 bits per heavy atom. The van der Waals surface area contributed by atoms with Crippen molar-refractivity contribution in [2.24, 2.45) is 7.05 Å². The van der Waals surface area contributed by atoms with Crippen molar-refractivity contribution >= 4 is 6.29 Å². The highest BCUT2D eigenvalue weighted by Gasteiger charge is 2.15. The van der Waals surface area contributed by atoms with E-state index in [4.69, 9.17) is 4.74 Å². The van der Waals surface area contributed by atoms with E-state index in [0.29, 0.717) is 12.0 Å². The molecule has 4 nitrogen and oxygen atoms in total. The zero-order chi connectivity index (χ0) is 10.7. The second kappa shape index (κ2) is 4.17. The van der Waals surface area contributed by atoms with Gasteiger partial charge in [-0.25, -0.2) is 13.5 Å². The first-order valence-corrected chi connectivity index (χ1v) is 3.96. The summed E-state index contributed by atoms with van der Waals surface area (Å²) < 4.78 is 29.7. The van der Waals surface area contributed by atoms with E-state index < -0.39 is 13.0 Å². The SMILES string of the molecule is Cc1nn(C)c(OCC(F)F)c1C=O. The minimum atomic E-state index is -2.57. The molecule has 0 fully saturated rings. The van der Waals surface area contributed by atoms with Gasteiger partial charge in [0.1, 0.15) is 0 Å². The zero-order valence-electron chi connectivity index (χ0n) is 7.83. The molecule has 14 heavy (non-hydrogen) atoms. The van der Waals surface area contributed by atoms with Crippen molar-refractivity contribution in [2.45, 2.75) is 13.3 Å². The summed E-state index contributed by atoms with van der Waals surface area (Å²) in [5, 5.41) is 3.88. The Balaban J connectivity index is 2.89. The molecule has 78 valence electrons. The van der Waals surface area contributed by atoms with E-state index in [9.17, 15) is 13.6 Å². The summed E-state index contributed by atoms with van der Waals surface area (Å²) in [4.78, 5) is 10.6. The molecule has 1 rings (SSSR count). The van der Waals surface area contributed by atoms with Crippen LogP contribution in [0.2, 0.25) is 0 Å². The third kappa shape index (κ3) is 2.07. The molecule has 0 atom stereocenters. The smallest absolute Gasteiger partial charge is 0.272 e. The maximum atomic E-state index is 11.9. The first-order valence-electron chi connectivity index (χ1n) is 3.96. The minimum Gasteiger partial charge on any atom is -0.471 e. The van der Waals surface area contributed by atoms with Crippen LogP contribution in [-0.2, 0) is 7.05 Å². The molecule has 0 aliphatic carbocycles. The molecule has 0 N–H and O–H groups in total. The van der Waals surface area contributed by atoms with Gasteiger partial charge in [0.2, 0.25) is 5.88 Å². The monoisotopic (exact) mass is 204 g/mol. The maximum Gasteiger partial charge on any atom is 0.272 e. The van der Waals surface area contributed by atoms with Crippen molar-refractivity contribution in [3.8, 4) is 5.88 Å². The predicted molar refractivity (Wildman–Crippen MR) is 44.8 cm³/mol. The van der Waals surface area contributed by atoms with Crippen LogP contribution in [0.15, 0.2) is 0 Å². The van der Waals surface area contributed by atoms with E-state index in [-0.39, 0.29) is 11.4 Å². The molecule has 0 amide bonds. The van der Waals surface area contributed by atoms with Gasteiger partial charge in [-0.3, -0.25) is 4.79 Å². The molecule has 0 spiro atoms. The molecule has 0 saturated carbocycles. The molecule has 0 radical (unpaired) electrons. The fraction of sp³-hybridized carbons (Fsp3) is 0.500. The molecular weight excluding hydrogens is 194 g/mol. The number of halogens is 2. The number of aldehydes is 1. The molecule has 0 unspecified atom stereocenters. The lowest BCUT2D eigenvalue weighted by Gasteiger charge is -2.05. The molecule has 6 heteroatoms. The Labute approximate surface area is 79.5 Å². The number of aryl methyl sites for hydroxylation is 2. The van der Waals surface area contributed by atoms with Gasteiger partial charge in [-0.2, -0.15) is 5.10 Å². The van der Waals surface area contributed by atoms with Gasteiger partial charge in [0, 0.05) is 7.05 Å². The van der Waals surface area contributed by atoms with Crippen LogP contribution >= 0.6 is 0 Å². The Bertz CT molecular complexity index is 336. The number of hydrogen-bond acceptors (Lipinski definition) is 3. The van der Waals surface area contributed by atoms with Crippen molar-refractivity contribution in [1.29, 1.82) is 0 Å². The van der Waals surface area contributed by atoms with Gasteiger partial charge in [-0.15, -0.1) is 0 Å². The van der Waals surface area contributed by atoms with E-state index in [0.717, 1.165) is 0 Å². The van der Waals surface area contributed by atoms with Crippen LogP contribution in [0.25, 0.3) is 0 Å². The first kappa shape index (κ1) is 10.6. The summed E-state index contributed by atoms with van der Waals surface area (Å²) in [6, 6.07) is 0. The number of rotatable bonds is 4. The Morgan fingerprint density at radius 1 is 1.64 bits per heavy atom. The second-order valence-corrected chi connectivity index (χ2v) is 2.75. The molecule has 0 aliphatic rings. The highest BCUT2D eigenvalue weighted by atomic mass is 19.3. The van der Waals surface area contributed by atoms with Gasteiger partial charge in [0.05, 0.1) is 11.3 Å². The molecule has 0 bridgehead atoms. The molecule has 1 heterocycles. The van der Waals surface area contributed by atoms with E-state index >= 15 is 0 Å². The van der Waals surface area contributed by atoms with Gasteiger partial charge < -0.3 is 4.74 Å². The van der Waals surface area contributed by atoms with Crippen molar-refractivity contribution < 1.29 is 18.3 Å². The third-order valence-electron chi connectivity index (χ3n) is 1.68. The van der Waals surface area contributed by atoms with Crippen LogP contribution in [0, 0.1) is 6.92 Å². The number of hydrogen-bond donors (Lipinski definition) is 0. The average molecular weight is 204 g/mol. The van der Waals surface area contributed by atoms with Crippen molar-refractivity contribution in [3.05, 3.63) is 11.3 Å². The standard InChI is InChI=1S/C8H10F2N2O2/c1-5-6(3-13)8(12(2)11-5)14-4-7(9)10/h3,7H,4H2,1-2H3. The van der Waals surface area contributed by atoms with Gasteiger partial charge in [0.15, 0.2) is 12.9 Å². The minimum absolute atomic E-state index is 0.0813. The highest BCUT2D eigenvalue weighted by molar-refractivity contribution is 5.80. The van der Waals surface area contributed by atoms with E-state index in [1.165, 1.54) is 11.7 Å². The summed E-state index contributed by atoms with van der Waals surface area (Å²) >= 11 is 0. The van der Waals surface area contributed by atoms with Crippen LogP contribution in [0.4, 0.5) is 8.78 Å². The molecular formula is C8H10F2N2O2. The predicted octanol–water partition coefficient (Wildman–Crippen LogP) is 1.18. The average Bonchev–Trinajstić information content (AvgIpc) is 2.36. The molecule has 1 aromatic heterocycles. The van der Waals surface area contributed by atoms with Crippen molar-refractivity contribution in [1.82, 2.24) is 9.78 Å². The first-order chi connectivity index (χ1) is 6.56. The lowest BCUT2D eigenvalue weighted by molar-refractivity contribution is 0.0765. The normalized spacial score (nSPS) is 10.6. The molecule has 0 saturated heterocycles. The van der Waals surface area contributed by atoms with Crippen LogP contribution in [0.1, 0.15) is 16.1 Å². The van der Waals surface area contributed by atoms with E-state index in [1.807, 2.05) is 0 Å². The number of carbonyl (C=O) groups excluding carboxylic acids is 1. The van der Waals surface area contributed by atoms with Crippen LogP contribution in [-0.4, -0.2) is 29.1 Å². The van der Waals surface area contributed by atoms with Crippen molar-refractivity contribution in [2.75, 3.05) is 6.61 Å². The summed E-state index contributed by atoms with van der Waals surface area (Å²) in [5.74, 6) is 0.0813. The highest BCUT2D eigenvalue weighted by Crippen LogP contribution is 2.19. The maximum absolute atomic E-state index is 11.9. The van der Waals surface area contributed by atoms with Crippen LogP contribution < -0.4 is 4.74 Å². The van der Waals surface area contributed by atoms with Crippen LogP contribution in [0.5, 0.6) is 5.88 Å². The lowest BCUT2D eigenvalue weighted by atomic mass is 10.3. The number of ether oxygens (including phenoxy) is 1. The fourth-order valence-electron chi connectivity index (χ4n) is 1.10. The second-order valence-electron chi connectivity index (χ2n) is 2.75. The van der Waals surface area contributed by atoms with Crippen LogP contribution in [0.3, 0.4) is 0 Å². The van der Waals surface area contributed by atoms with Crippen molar-refractivity contribution in [3.63, 3.8) is 0 Å².